The number of amidine groups is 1. The lowest BCUT2D eigenvalue weighted by atomic mass is 10.1. The first-order valence-corrected chi connectivity index (χ1v) is 6.74. The molecule has 1 aliphatic heterocycles. The van der Waals surface area contributed by atoms with Crippen LogP contribution in [0.25, 0.3) is 5.57 Å². The third kappa shape index (κ3) is 2.10. The van der Waals surface area contributed by atoms with Crippen molar-refractivity contribution >= 4 is 27.1 Å². The molecule has 1 heterocycles. The van der Waals surface area contributed by atoms with E-state index >= 15 is 0 Å². The fourth-order valence-corrected chi connectivity index (χ4v) is 2.88. The van der Waals surface area contributed by atoms with Crippen LogP contribution in [-0.4, -0.2) is 14.3 Å². The largest absolute Gasteiger partial charge is 0.342 e. The Balaban J connectivity index is 2.64. The number of rotatable bonds is 1. The number of allylic oxidation sites excluding steroid dienone is 2. The van der Waals surface area contributed by atoms with Crippen LogP contribution in [0.3, 0.4) is 0 Å². The van der Waals surface area contributed by atoms with E-state index in [1.165, 1.54) is 0 Å². The van der Waals surface area contributed by atoms with Crippen molar-refractivity contribution in [2.24, 2.45) is 4.40 Å². The predicted octanol–water partition coefficient (Wildman–Crippen LogP) is 2.64. The minimum Gasteiger partial charge on any atom is -0.342 e. The molecule has 1 aromatic rings. The highest BCUT2D eigenvalue weighted by molar-refractivity contribution is 7.90. The number of anilines is 1. The summed E-state index contributed by atoms with van der Waals surface area (Å²) < 4.78 is 27.4. The van der Waals surface area contributed by atoms with E-state index < -0.39 is 10.0 Å². The number of sulfonamides is 1. The van der Waals surface area contributed by atoms with E-state index in [9.17, 15) is 8.42 Å². The van der Waals surface area contributed by atoms with Crippen LogP contribution < -0.4 is 5.32 Å². The highest BCUT2D eigenvalue weighted by atomic mass is 32.2. The molecule has 0 radical (unpaired) electrons. The molecule has 0 amide bonds. The van der Waals surface area contributed by atoms with Gasteiger partial charge in [-0.3, -0.25) is 0 Å². The first-order chi connectivity index (χ1) is 7.94. The minimum atomic E-state index is -3.56. The van der Waals surface area contributed by atoms with Crippen molar-refractivity contribution in [1.29, 1.82) is 0 Å². The number of hydrogen-bond acceptors (Lipinski definition) is 3. The molecule has 0 aliphatic carbocycles. The second kappa shape index (κ2) is 4.00. The van der Waals surface area contributed by atoms with Gasteiger partial charge in [-0.05, 0) is 44.0 Å². The van der Waals surface area contributed by atoms with Gasteiger partial charge in [-0.15, -0.1) is 4.40 Å². The van der Waals surface area contributed by atoms with Gasteiger partial charge in [-0.2, -0.15) is 8.42 Å². The molecule has 17 heavy (non-hydrogen) atoms. The Morgan fingerprint density at radius 2 is 2.12 bits per heavy atom. The summed E-state index contributed by atoms with van der Waals surface area (Å²) in [4.78, 5) is 0.238. The van der Waals surface area contributed by atoms with Gasteiger partial charge < -0.3 is 5.32 Å². The van der Waals surface area contributed by atoms with Crippen molar-refractivity contribution < 1.29 is 8.42 Å². The summed E-state index contributed by atoms with van der Waals surface area (Å²) in [5, 5.41) is 2.95. The Morgan fingerprint density at radius 1 is 1.41 bits per heavy atom. The SMILES string of the molecule is C/C=C(\C)c1ccc2c(c1)S(=O)(=O)N=C(C)N2. The van der Waals surface area contributed by atoms with E-state index in [-0.39, 0.29) is 4.90 Å². The summed E-state index contributed by atoms with van der Waals surface area (Å²) in [6.07, 6.45) is 1.94. The second-order valence-electron chi connectivity index (χ2n) is 3.96. The van der Waals surface area contributed by atoms with Crippen molar-refractivity contribution in [3.63, 3.8) is 0 Å². The van der Waals surface area contributed by atoms with Crippen molar-refractivity contribution in [1.82, 2.24) is 0 Å². The molecule has 2 rings (SSSR count). The Bertz CT molecular complexity index is 628. The van der Waals surface area contributed by atoms with Gasteiger partial charge in [0.05, 0.1) is 5.69 Å². The second-order valence-corrected chi connectivity index (χ2v) is 5.53. The van der Waals surface area contributed by atoms with Crippen molar-refractivity contribution in [3.8, 4) is 0 Å². The normalized spacial score (nSPS) is 18.1. The summed E-state index contributed by atoms with van der Waals surface area (Å²) in [6, 6.07) is 5.33. The number of hydrogen-bond donors (Lipinski definition) is 1. The van der Waals surface area contributed by atoms with Gasteiger partial charge in [0.15, 0.2) is 0 Å². The van der Waals surface area contributed by atoms with Crippen LogP contribution in [0.4, 0.5) is 5.69 Å². The van der Waals surface area contributed by atoms with Crippen LogP contribution in [0.1, 0.15) is 26.3 Å². The number of benzene rings is 1. The van der Waals surface area contributed by atoms with E-state index in [1.54, 1.807) is 19.1 Å². The van der Waals surface area contributed by atoms with Crippen LogP contribution in [0, 0.1) is 0 Å². The molecule has 1 N–H and O–H groups in total. The van der Waals surface area contributed by atoms with Crippen LogP contribution in [-0.2, 0) is 10.0 Å². The van der Waals surface area contributed by atoms with E-state index in [1.807, 2.05) is 26.0 Å². The molecule has 0 unspecified atom stereocenters. The zero-order valence-corrected chi connectivity index (χ0v) is 10.8. The molecular formula is C12H14N2O2S. The minimum absolute atomic E-state index is 0.238. The Morgan fingerprint density at radius 3 is 2.76 bits per heavy atom. The van der Waals surface area contributed by atoms with E-state index in [2.05, 4.69) is 9.71 Å². The first-order valence-electron chi connectivity index (χ1n) is 5.30. The highest BCUT2D eigenvalue weighted by Gasteiger charge is 2.23. The molecule has 90 valence electrons. The summed E-state index contributed by atoms with van der Waals surface area (Å²) in [5.74, 6) is 0.396. The van der Waals surface area contributed by atoms with Crippen LogP contribution in [0.5, 0.6) is 0 Å². The number of nitrogens with zero attached hydrogens (tertiary/aromatic N) is 1. The third-order valence-corrected chi connectivity index (χ3v) is 4.13. The molecule has 0 aromatic heterocycles. The molecule has 0 atom stereocenters. The predicted molar refractivity (Wildman–Crippen MR) is 69.7 cm³/mol. The van der Waals surface area contributed by atoms with Crippen LogP contribution >= 0.6 is 0 Å². The molecule has 0 fully saturated rings. The number of nitrogens with one attached hydrogen (secondary N) is 1. The first kappa shape index (κ1) is 11.9. The molecule has 1 aromatic carbocycles. The van der Waals surface area contributed by atoms with Gasteiger partial charge in [0, 0.05) is 0 Å². The fourth-order valence-electron chi connectivity index (χ4n) is 1.70. The lowest BCUT2D eigenvalue weighted by Crippen LogP contribution is -2.18. The van der Waals surface area contributed by atoms with Gasteiger partial charge in [-0.25, -0.2) is 0 Å². The van der Waals surface area contributed by atoms with Crippen molar-refractivity contribution in [3.05, 3.63) is 29.8 Å². The van der Waals surface area contributed by atoms with Gasteiger partial charge in [0.2, 0.25) is 0 Å². The van der Waals surface area contributed by atoms with Crippen LogP contribution in [0.2, 0.25) is 0 Å². The molecule has 0 saturated carbocycles. The maximum absolute atomic E-state index is 11.9. The maximum atomic E-state index is 11.9. The molecule has 0 saturated heterocycles. The molecule has 0 spiro atoms. The molecule has 0 bridgehead atoms. The Labute approximate surface area is 101 Å². The van der Waals surface area contributed by atoms with Crippen LogP contribution in [0.15, 0.2) is 33.6 Å². The van der Waals surface area contributed by atoms with E-state index in [4.69, 9.17) is 0 Å². The Hall–Kier alpha value is -1.62. The Kier molecular flexibility index (Phi) is 2.79. The van der Waals surface area contributed by atoms with Gasteiger partial charge in [0.1, 0.15) is 10.7 Å². The molecule has 5 heteroatoms. The smallest absolute Gasteiger partial charge is 0.286 e. The quantitative estimate of drug-likeness (QED) is 0.833. The molecule has 4 nitrogen and oxygen atoms in total. The lowest BCUT2D eigenvalue weighted by molar-refractivity contribution is 0.597. The van der Waals surface area contributed by atoms with Gasteiger partial charge >= 0.3 is 0 Å². The third-order valence-electron chi connectivity index (χ3n) is 2.72. The van der Waals surface area contributed by atoms with E-state index in [0.29, 0.717) is 11.5 Å². The van der Waals surface area contributed by atoms with Crippen molar-refractivity contribution in [2.45, 2.75) is 25.7 Å². The monoisotopic (exact) mass is 250 g/mol. The average Bonchev–Trinajstić information content (AvgIpc) is 2.26. The summed E-state index contributed by atoms with van der Waals surface area (Å²) in [6.45, 7) is 5.49. The summed E-state index contributed by atoms with van der Waals surface area (Å²) >= 11 is 0. The van der Waals surface area contributed by atoms with Gasteiger partial charge in [0.25, 0.3) is 10.0 Å². The maximum Gasteiger partial charge on any atom is 0.286 e. The lowest BCUT2D eigenvalue weighted by Gasteiger charge is -2.16. The molecular weight excluding hydrogens is 236 g/mol. The topological polar surface area (TPSA) is 58.5 Å². The highest BCUT2D eigenvalue weighted by Crippen LogP contribution is 2.30. The summed E-state index contributed by atoms with van der Waals surface area (Å²) in [7, 11) is -3.56. The van der Waals surface area contributed by atoms with Crippen molar-refractivity contribution in [2.75, 3.05) is 5.32 Å². The zero-order chi connectivity index (χ0) is 12.6. The summed E-state index contributed by atoms with van der Waals surface area (Å²) in [5.41, 5.74) is 2.52. The zero-order valence-electron chi connectivity index (χ0n) is 9.98. The fraction of sp³-hybridized carbons (Fsp3) is 0.250. The average molecular weight is 250 g/mol. The van der Waals surface area contributed by atoms with E-state index in [0.717, 1.165) is 11.1 Å². The standard InChI is InChI=1S/C12H14N2O2S/c1-4-8(2)10-5-6-11-12(7-10)17(15,16)14-9(3)13-11/h4-7H,1-3H3,(H,13,14)/b8-4+. The molecule has 1 aliphatic rings. The number of fused-ring (bicyclic) bond motifs is 1. The van der Waals surface area contributed by atoms with Gasteiger partial charge in [-0.1, -0.05) is 12.1 Å².